The topological polar surface area (TPSA) is 55.6 Å². The Morgan fingerprint density at radius 2 is 2.12 bits per heavy atom. The summed E-state index contributed by atoms with van der Waals surface area (Å²) in [5.41, 5.74) is 5.47. The minimum Gasteiger partial charge on any atom is -0.378 e. The van der Waals surface area contributed by atoms with Gasteiger partial charge in [0.2, 0.25) is 5.91 Å². The van der Waals surface area contributed by atoms with Crippen molar-refractivity contribution in [3.8, 4) is 0 Å². The third kappa shape index (κ3) is 3.76. The summed E-state index contributed by atoms with van der Waals surface area (Å²) >= 11 is 0. The van der Waals surface area contributed by atoms with E-state index in [1.54, 1.807) is 0 Å². The Labute approximate surface area is 98.1 Å². The summed E-state index contributed by atoms with van der Waals surface area (Å²) in [5, 5.41) is 0. The van der Waals surface area contributed by atoms with Crippen LogP contribution in [0.2, 0.25) is 0 Å². The highest BCUT2D eigenvalue weighted by atomic mass is 16.5. The van der Waals surface area contributed by atoms with E-state index in [-0.39, 0.29) is 11.8 Å². The average molecular weight is 228 g/mol. The number of piperidine rings is 1. The van der Waals surface area contributed by atoms with E-state index in [9.17, 15) is 4.79 Å². The maximum atomic E-state index is 12.0. The van der Waals surface area contributed by atoms with Crippen molar-refractivity contribution in [1.82, 2.24) is 4.90 Å². The predicted octanol–water partition coefficient (Wildman–Crippen LogP) is 0.999. The number of nitrogens with zero attached hydrogens (tertiary/aromatic N) is 1. The number of hydrogen-bond acceptors (Lipinski definition) is 3. The summed E-state index contributed by atoms with van der Waals surface area (Å²) in [4.78, 5) is 13.9. The van der Waals surface area contributed by atoms with Gasteiger partial charge in [-0.05, 0) is 32.7 Å². The Hall–Kier alpha value is -0.610. The summed E-state index contributed by atoms with van der Waals surface area (Å²) in [6, 6.07) is 0. The Balaban J connectivity index is 2.32. The molecule has 0 aromatic carbocycles. The number of rotatable bonds is 5. The van der Waals surface area contributed by atoms with Crippen LogP contribution in [0, 0.1) is 5.92 Å². The zero-order valence-corrected chi connectivity index (χ0v) is 10.4. The van der Waals surface area contributed by atoms with Gasteiger partial charge in [-0.15, -0.1) is 0 Å². The van der Waals surface area contributed by atoms with Crippen molar-refractivity contribution >= 4 is 5.91 Å². The molecule has 0 saturated carbocycles. The predicted molar refractivity (Wildman–Crippen MR) is 64.1 cm³/mol. The Bertz CT molecular complexity index is 213. The highest BCUT2D eigenvalue weighted by Gasteiger charge is 2.25. The van der Waals surface area contributed by atoms with Crippen molar-refractivity contribution in [2.24, 2.45) is 11.7 Å². The van der Waals surface area contributed by atoms with Gasteiger partial charge in [0.25, 0.3) is 0 Å². The van der Waals surface area contributed by atoms with E-state index in [4.69, 9.17) is 10.5 Å². The third-order valence-electron chi connectivity index (χ3n) is 3.18. The maximum Gasteiger partial charge on any atom is 0.225 e. The molecule has 1 atom stereocenters. The number of carbonyl (C=O) groups is 1. The minimum atomic E-state index is 0.0636. The van der Waals surface area contributed by atoms with E-state index in [1.165, 1.54) is 0 Å². The molecule has 94 valence electrons. The van der Waals surface area contributed by atoms with Crippen molar-refractivity contribution in [3.63, 3.8) is 0 Å². The summed E-state index contributed by atoms with van der Waals surface area (Å²) < 4.78 is 5.56. The number of carbonyl (C=O) groups excluding carboxylic acids is 1. The number of amides is 1. The molecular weight excluding hydrogens is 204 g/mol. The van der Waals surface area contributed by atoms with Gasteiger partial charge in [-0.3, -0.25) is 4.79 Å². The molecule has 0 radical (unpaired) electrons. The first-order valence-electron chi connectivity index (χ1n) is 6.29. The number of hydrogen-bond donors (Lipinski definition) is 1. The van der Waals surface area contributed by atoms with Gasteiger partial charge in [-0.25, -0.2) is 0 Å². The smallest absolute Gasteiger partial charge is 0.225 e. The van der Waals surface area contributed by atoms with Gasteiger partial charge in [-0.1, -0.05) is 6.92 Å². The van der Waals surface area contributed by atoms with Crippen LogP contribution in [0.4, 0.5) is 0 Å². The fourth-order valence-corrected chi connectivity index (χ4v) is 2.16. The second-order valence-corrected chi connectivity index (χ2v) is 4.46. The third-order valence-corrected chi connectivity index (χ3v) is 3.18. The Morgan fingerprint density at radius 3 is 2.62 bits per heavy atom. The van der Waals surface area contributed by atoms with Crippen LogP contribution in [0.25, 0.3) is 0 Å². The van der Waals surface area contributed by atoms with Crippen LogP contribution < -0.4 is 5.73 Å². The van der Waals surface area contributed by atoms with Crippen LogP contribution >= 0.6 is 0 Å². The number of likely N-dealkylation sites (tertiary alicyclic amines) is 1. The lowest BCUT2D eigenvalue weighted by Gasteiger charge is -2.33. The van der Waals surface area contributed by atoms with Crippen molar-refractivity contribution < 1.29 is 9.53 Å². The first kappa shape index (κ1) is 13.5. The molecule has 1 aliphatic heterocycles. The molecule has 1 rings (SSSR count). The summed E-state index contributed by atoms with van der Waals surface area (Å²) in [5.74, 6) is 0.314. The fourth-order valence-electron chi connectivity index (χ4n) is 2.16. The van der Waals surface area contributed by atoms with E-state index in [0.29, 0.717) is 12.6 Å². The second kappa shape index (κ2) is 6.86. The Morgan fingerprint density at radius 1 is 1.50 bits per heavy atom. The molecule has 1 unspecified atom stereocenters. The quantitative estimate of drug-likeness (QED) is 0.763. The molecule has 0 aromatic rings. The summed E-state index contributed by atoms with van der Waals surface area (Å²) in [6.45, 7) is 6.99. The van der Waals surface area contributed by atoms with E-state index >= 15 is 0 Å². The first-order chi connectivity index (χ1) is 7.69. The van der Waals surface area contributed by atoms with Crippen molar-refractivity contribution in [2.45, 2.75) is 39.2 Å². The van der Waals surface area contributed by atoms with Crippen molar-refractivity contribution in [3.05, 3.63) is 0 Å². The van der Waals surface area contributed by atoms with Crippen molar-refractivity contribution in [1.29, 1.82) is 0 Å². The van der Waals surface area contributed by atoms with Gasteiger partial charge in [0.1, 0.15) is 0 Å². The van der Waals surface area contributed by atoms with Crippen LogP contribution in [0.3, 0.4) is 0 Å². The second-order valence-electron chi connectivity index (χ2n) is 4.46. The lowest BCUT2D eigenvalue weighted by molar-refractivity contribution is -0.137. The van der Waals surface area contributed by atoms with E-state index in [1.807, 2.05) is 18.7 Å². The van der Waals surface area contributed by atoms with Crippen LogP contribution in [0.5, 0.6) is 0 Å². The van der Waals surface area contributed by atoms with Crippen LogP contribution in [-0.2, 0) is 9.53 Å². The average Bonchev–Trinajstić information content (AvgIpc) is 2.30. The monoisotopic (exact) mass is 228 g/mol. The molecule has 0 spiro atoms. The first-order valence-corrected chi connectivity index (χ1v) is 6.29. The standard InChI is InChI=1S/C12H24N2O2/c1-3-16-11-5-8-14(9-6-11)12(15)10(2)4-7-13/h10-11H,3-9,13H2,1-2H3. The minimum absolute atomic E-state index is 0.0636. The molecule has 1 aliphatic rings. The Kier molecular flexibility index (Phi) is 5.77. The van der Waals surface area contributed by atoms with Gasteiger partial charge in [0, 0.05) is 25.6 Å². The van der Waals surface area contributed by atoms with Gasteiger partial charge < -0.3 is 15.4 Å². The molecular formula is C12H24N2O2. The summed E-state index contributed by atoms with van der Waals surface area (Å²) in [7, 11) is 0. The van der Waals surface area contributed by atoms with Gasteiger partial charge in [-0.2, -0.15) is 0 Å². The molecule has 0 aromatic heterocycles. The molecule has 1 fully saturated rings. The highest BCUT2D eigenvalue weighted by Crippen LogP contribution is 2.16. The number of ether oxygens (including phenoxy) is 1. The van der Waals surface area contributed by atoms with E-state index in [2.05, 4.69) is 0 Å². The van der Waals surface area contributed by atoms with Crippen LogP contribution in [0.1, 0.15) is 33.1 Å². The SMILES string of the molecule is CCOC1CCN(C(=O)C(C)CCN)CC1. The zero-order valence-electron chi connectivity index (χ0n) is 10.4. The van der Waals surface area contributed by atoms with E-state index < -0.39 is 0 Å². The molecule has 4 heteroatoms. The lowest BCUT2D eigenvalue weighted by Crippen LogP contribution is -2.43. The molecule has 2 N–H and O–H groups in total. The normalized spacial score (nSPS) is 19.8. The molecule has 4 nitrogen and oxygen atoms in total. The van der Waals surface area contributed by atoms with E-state index in [0.717, 1.165) is 39.0 Å². The zero-order chi connectivity index (χ0) is 12.0. The highest BCUT2D eigenvalue weighted by molar-refractivity contribution is 5.78. The molecule has 0 aliphatic carbocycles. The summed E-state index contributed by atoms with van der Waals surface area (Å²) in [6.07, 6.45) is 3.06. The van der Waals surface area contributed by atoms with Crippen molar-refractivity contribution in [2.75, 3.05) is 26.2 Å². The molecule has 1 heterocycles. The van der Waals surface area contributed by atoms with Gasteiger partial charge in [0.05, 0.1) is 6.10 Å². The maximum absolute atomic E-state index is 12.0. The van der Waals surface area contributed by atoms with Crippen LogP contribution in [0.15, 0.2) is 0 Å². The molecule has 0 bridgehead atoms. The van der Waals surface area contributed by atoms with Gasteiger partial charge >= 0.3 is 0 Å². The lowest BCUT2D eigenvalue weighted by atomic mass is 10.0. The molecule has 1 amide bonds. The molecule has 16 heavy (non-hydrogen) atoms. The largest absolute Gasteiger partial charge is 0.378 e. The molecule has 1 saturated heterocycles. The van der Waals surface area contributed by atoms with Gasteiger partial charge in [0.15, 0.2) is 0 Å². The number of nitrogens with two attached hydrogens (primary N) is 1. The fraction of sp³-hybridized carbons (Fsp3) is 0.917. The van der Waals surface area contributed by atoms with Crippen LogP contribution in [-0.4, -0.2) is 43.2 Å².